The van der Waals surface area contributed by atoms with E-state index in [2.05, 4.69) is 25.2 Å². The van der Waals surface area contributed by atoms with Gasteiger partial charge in [0.2, 0.25) is 5.91 Å². The summed E-state index contributed by atoms with van der Waals surface area (Å²) in [4.78, 5) is 14.1. The Labute approximate surface area is 103 Å². The molecule has 92 valence electrons. The minimum absolute atomic E-state index is 0.225. The molecule has 1 aliphatic rings. The molecule has 1 atom stereocenters. The number of hydrogen-bond donors (Lipinski definition) is 1. The van der Waals surface area contributed by atoms with E-state index in [-0.39, 0.29) is 5.91 Å². The van der Waals surface area contributed by atoms with E-state index in [1.165, 1.54) is 5.56 Å². The smallest absolute Gasteiger partial charge is 0.228 e. The lowest BCUT2D eigenvalue weighted by Crippen LogP contribution is -2.37. The molecule has 1 N–H and O–H groups in total. The number of nitrogens with one attached hydrogen (secondary N) is 1. The van der Waals surface area contributed by atoms with Crippen LogP contribution < -0.4 is 10.2 Å². The molecule has 1 unspecified atom stereocenters. The standard InChI is InChI=1S/C14H20N2O/c1-3-15-9-8-14(17)16-11(2)10-12-6-4-5-7-13(12)16/h4-7,11,15H,3,8-10H2,1-2H3. The van der Waals surface area contributed by atoms with Crippen molar-refractivity contribution in [3.05, 3.63) is 29.8 Å². The molecule has 1 heterocycles. The lowest BCUT2D eigenvalue weighted by atomic mass is 10.1. The van der Waals surface area contributed by atoms with Gasteiger partial charge in [0, 0.05) is 24.7 Å². The second kappa shape index (κ2) is 5.32. The Balaban J connectivity index is 2.08. The van der Waals surface area contributed by atoms with Gasteiger partial charge in [-0.05, 0) is 31.5 Å². The Hall–Kier alpha value is -1.35. The molecule has 0 saturated heterocycles. The number of carbonyl (C=O) groups is 1. The first-order chi connectivity index (χ1) is 8.24. The third kappa shape index (κ3) is 2.50. The van der Waals surface area contributed by atoms with E-state index in [0.29, 0.717) is 12.5 Å². The van der Waals surface area contributed by atoms with Crippen LogP contribution in [0.4, 0.5) is 5.69 Å². The number of nitrogens with zero attached hydrogens (tertiary/aromatic N) is 1. The maximum atomic E-state index is 12.2. The largest absolute Gasteiger partial charge is 0.316 e. The van der Waals surface area contributed by atoms with Crippen molar-refractivity contribution in [2.45, 2.75) is 32.7 Å². The molecular weight excluding hydrogens is 212 g/mol. The Kier molecular flexibility index (Phi) is 3.79. The minimum Gasteiger partial charge on any atom is -0.316 e. The van der Waals surface area contributed by atoms with Gasteiger partial charge in [-0.2, -0.15) is 0 Å². The quantitative estimate of drug-likeness (QED) is 0.805. The predicted molar refractivity (Wildman–Crippen MR) is 70.3 cm³/mol. The van der Waals surface area contributed by atoms with Gasteiger partial charge in [0.15, 0.2) is 0 Å². The summed E-state index contributed by atoms with van der Waals surface area (Å²) < 4.78 is 0. The molecule has 0 radical (unpaired) electrons. The van der Waals surface area contributed by atoms with Crippen LogP contribution in [0.2, 0.25) is 0 Å². The first-order valence-electron chi connectivity index (χ1n) is 6.34. The molecule has 0 spiro atoms. The van der Waals surface area contributed by atoms with Gasteiger partial charge in [0.25, 0.3) is 0 Å². The molecule has 1 aromatic carbocycles. The van der Waals surface area contributed by atoms with Crippen LogP contribution in [-0.2, 0) is 11.2 Å². The highest BCUT2D eigenvalue weighted by molar-refractivity contribution is 5.96. The summed E-state index contributed by atoms with van der Waals surface area (Å²) in [5.41, 5.74) is 2.39. The zero-order valence-corrected chi connectivity index (χ0v) is 10.6. The SMILES string of the molecule is CCNCCC(=O)N1c2ccccc2CC1C. The molecule has 0 aliphatic carbocycles. The zero-order chi connectivity index (χ0) is 12.3. The maximum Gasteiger partial charge on any atom is 0.228 e. The topological polar surface area (TPSA) is 32.3 Å². The predicted octanol–water partition coefficient (Wildman–Crippen LogP) is 1.96. The summed E-state index contributed by atoms with van der Waals surface area (Å²) in [5, 5.41) is 3.19. The molecule has 1 amide bonds. The van der Waals surface area contributed by atoms with E-state index in [1.54, 1.807) is 0 Å². The van der Waals surface area contributed by atoms with E-state index in [1.807, 2.05) is 23.1 Å². The fraction of sp³-hybridized carbons (Fsp3) is 0.500. The number of carbonyl (C=O) groups excluding carboxylic acids is 1. The van der Waals surface area contributed by atoms with Crippen LogP contribution >= 0.6 is 0 Å². The first kappa shape index (κ1) is 12.1. The van der Waals surface area contributed by atoms with E-state index in [9.17, 15) is 4.79 Å². The molecule has 0 aromatic heterocycles. The molecule has 1 aliphatic heterocycles. The van der Waals surface area contributed by atoms with Gasteiger partial charge >= 0.3 is 0 Å². The maximum absolute atomic E-state index is 12.2. The highest BCUT2D eigenvalue weighted by Gasteiger charge is 2.29. The van der Waals surface area contributed by atoms with E-state index in [0.717, 1.165) is 25.2 Å². The molecular formula is C14H20N2O. The fourth-order valence-corrected chi connectivity index (χ4v) is 2.44. The lowest BCUT2D eigenvalue weighted by molar-refractivity contribution is -0.118. The van der Waals surface area contributed by atoms with E-state index in [4.69, 9.17) is 0 Å². The van der Waals surface area contributed by atoms with Crippen LogP contribution in [0.25, 0.3) is 0 Å². The molecule has 0 fully saturated rings. The van der Waals surface area contributed by atoms with Crippen molar-refractivity contribution in [1.82, 2.24) is 5.32 Å². The summed E-state index contributed by atoms with van der Waals surface area (Å²) in [6, 6.07) is 8.49. The Morgan fingerprint density at radius 1 is 1.47 bits per heavy atom. The lowest BCUT2D eigenvalue weighted by Gasteiger charge is -2.22. The molecule has 3 heteroatoms. The number of fused-ring (bicyclic) bond motifs is 1. The van der Waals surface area contributed by atoms with E-state index < -0.39 is 0 Å². The average molecular weight is 232 g/mol. The Morgan fingerprint density at radius 3 is 3.00 bits per heavy atom. The summed E-state index contributed by atoms with van der Waals surface area (Å²) in [5.74, 6) is 0.225. The number of rotatable bonds is 4. The van der Waals surface area contributed by atoms with Crippen LogP contribution in [0, 0.1) is 0 Å². The number of amides is 1. The molecule has 17 heavy (non-hydrogen) atoms. The first-order valence-corrected chi connectivity index (χ1v) is 6.34. The molecule has 1 aromatic rings. The summed E-state index contributed by atoms with van der Waals surface area (Å²) >= 11 is 0. The average Bonchev–Trinajstić information content (AvgIpc) is 2.65. The number of anilines is 1. The Morgan fingerprint density at radius 2 is 2.24 bits per heavy atom. The molecule has 2 rings (SSSR count). The van der Waals surface area contributed by atoms with Crippen LogP contribution in [0.3, 0.4) is 0 Å². The molecule has 0 saturated carbocycles. The highest BCUT2D eigenvalue weighted by atomic mass is 16.2. The minimum atomic E-state index is 0.225. The van der Waals surface area contributed by atoms with E-state index >= 15 is 0 Å². The van der Waals surface area contributed by atoms with Crippen LogP contribution in [0.1, 0.15) is 25.8 Å². The monoisotopic (exact) mass is 232 g/mol. The van der Waals surface area contributed by atoms with Gasteiger partial charge in [-0.25, -0.2) is 0 Å². The van der Waals surface area contributed by atoms with Crippen molar-refractivity contribution in [2.75, 3.05) is 18.0 Å². The van der Waals surface area contributed by atoms with Gasteiger partial charge < -0.3 is 10.2 Å². The second-order valence-corrected chi connectivity index (χ2v) is 4.55. The summed E-state index contributed by atoms with van der Waals surface area (Å²) in [6.07, 6.45) is 1.55. The number of benzene rings is 1. The van der Waals surface area contributed by atoms with Crippen molar-refractivity contribution in [1.29, 1.82) is 0 Å². The van der Waals surface area contributed by atoms with Gasteiger partial charge in [-0.1, -0.05) is 25.1 Å². The zero-order valence-electron chi connectivity index (χ0n) is 10.6. The van der Waals surface area contributed by atoms with Crippen molar-refractivity contribution in [3.8, 4) is 0 Å². The molecule has 3 nitrogen and oxygen atoms in total. The van der Waals surface area contributed by atoms with Crippen molar-refractivity contribution < 1.29 is 4.79 Å². The van der Waals surface area contributed by atoms with Crippen molar-refractivity contribution >= 4 is 11.6 Å². The molecule has 0 bridgehead atoms. The third-order valence-electron chi connectivity index (χ3n) is 3.24. The second-order valence-electron chi connectivity index (χ2n) is 4.55. The highest BCUT2D eigenvalue weighted by Crippen LogP contribution is 2.32. The summed E-state index contributed by atoms with van der Waals surface area (Å²) in [7, 11) is 0. The van der Waals surface area contributed by atoms with Gasteiger partial charge in [0.05, 0.1) is 0 Å². The van der Waals surface area contributed by atoms with Gasteiger partial charge in [0.1, 0.15) is 0 Å². The normalized spacial score (nSPS) is 18.2. The van der Waals surface area contributed by atoms with Crippen LogP contribution in [0.5, 0.6) is 0 Å². The van der Waals surface area contributed by atoms with Gasteiger partial charge in [-0.3, -0.25) is 4.79 Å². The van der Waals surface area contributed by atoms with Gasteiger partial charge in [-0.15, -0.1) is 0 Å². The van der Waals surface area contributed by atoms with Crippen molar-refractivity contribution in [3.63, 3.8) is 0 Å². The fourth-order valence-electron chi connectivity index (χ4n) is 2.44. The van der Waals surface area contributed by atoms with Crippen LogP contribution in [-0.4, -0.2) is 25.0 Å². The third-order valence-corrected chi connectivity index (χ3v) is 3.24. The van der Waals surface area contributed by atoms with Crippen molar-refractivity contribution in [2.24, 2.45) is 0 Å². The Bertz CT molecular complexity index is 403. The summed E-state index contributed by atoms with van der Waals surface area (Å²) in [6.45, 7) is 5.85. The number of para-hydroxylation sites is 1. The number of hydrogen-bond acceptors (Lipinski definition) is 2. The van der Waals surface area contributed by atoms with Crippen LogP contribution in [0.15, 0.2) is 24.3 Å².